The Morgan fingerprint density at radius 3 is 2.58 bits per heavy atom. The van der Waals surface area contributed by atoms with Crippen molar-refractivity contribution in [1.29, 1.82) is 0 Å². The highest BCUT2D eigenvalue weighted by Crippen LogP contribution is 2.52. The average Bonchev–Trinajstić information content (AvgIpc) is 3.72. The second kappa shape index (κ2) is 10.3. The zero-order valence-corrected chi connectivity index (χ0v) is 21.4. The molecule has 1 aliphatic heterocycles. The second-order valence-electron chi connectivity index (χ2n) is 10.8. The van der Waals surface area contributed by atoms with Crippen molar-refractivity contribution >= 4 is 12.0 Å². The molecule has 3 aliphatic rings. The lowest BCUT2D eigenvalue weighted by molar-refractivity contribution is -0.132. The number of benzene rings is 2. The molecule has 6 nitrogen and oxygen atoms in total. The number of fused-ring (bicyclic) bond motifs is 1. The van der Waals surface area contributed by atoms with Gasteiger partial charge in [0.25, 0.3) is 0 Å². The van der Waals surface area contributed by atoms with Crippen LogP contribution in [-0.4, -0.2) is 61.4 Å². The number of carbonyl (C=O) groups is 1. The van der Waals surface area contributed by atoms with E-state index in [1.807, 2.05) is 42.5 Å². The Hall–Kier alpha value is -2.83. The van der Waals surface area contributed by atoms with Gasteiger partial charge >= 0.3 is 0 Å². The Labute approximate surface area is 214 Å². The SMILES string of the molecule is COc1cccc(C=CC(=O)N[C@H]2CC[C@]3(O)CN(CC4CC4)CC[C@@]3(c3cccc(OC)c3)C2)c1. The van der Waals surface area contributed by atoms with E-state index < -0.39 is 11.0 Å². The molecular weight excluding hydrogens is 452 g/mol. The van der Waals surface area contributed by atoms with E-state index in [0.29, 0.717) is 19.4 Å². The Bertz CT molecular complexity index is 1110. The molecule has 3 fully saturated rings. The fraction of sp³-hybridized carbons (Fsp3) is 0.500. The third-order valence-electron chi connectivity index (χ3n) is 8.43. The molecule has 0 bridgehead atoms. The molecule has 5 rings (SSSR count). The van der Waals surface area contributed by atoms with Gasteiger partial charge in [-0.3, -0.25) is 4.79 Å². The van der Waals surface area contributed by atoms with Crippen LogP contribution in [0.15, 0.2) is 54.6 Å². The first-order valence-electron chi connectivity index (χ1n) is 13.1. The van der Waals surface area contributed by atoms with Gasteiger partial charge in [0.1, 0.15) is 11.5 Å². The normalized spacial score (nSPS) is 28.5. The van der Waals surface area contributed by atoms with Crippen molar-refractivity contribution in [2.75, 3.05) is 33.9 Å². The number of hydrogen-bond donors (Lipinski definition) is 2. The minimum absolute atomic E-state index is 0.00563. The standard InChI is InChI=1S/C30H38N2O4/c1-35-26-7-3-5-22(17-26)11-12-28(33)31-25-13-14-30(34)21-32(20-23-9-10-23)16-15-29(30,19-25)24-6-4-8-27(18-24)36-2/h3-8,11-12,17-18,23,25,34H,9-10,13-16,19-21H2,1-2H3,(H,31,33)/t25-,29-,30-/m0/s1. The first-order valence-corrected chi connectivity index (χ1v) is 13.1. The number of nitrogens with one attached hydrogen (secondary N) is 1. The zero-order chi connectivity index (χ0) is 25.2. The third kappa shape index (κ3) is 5.16. The Balaban J connectivity index is 1.35. The van der Waals surface area contributed by atoms with Gasteiger partial charge in [-0.2, -0.15) is 0 Å². The van der Waals surface area contributed by atoms with E-state index in [4.69, 9.17) is 9.47 Å². The Morgan fingerprint density at radius 2 is 1.83 bits per heavy atom. The van der Waals surface area contributed by atoms with Crippen molar-refractivity contribution in [2.45, 2.75) is 55.6 Å². The maximum atomic E-state index is 12.9. The molecule has 2 aromatic carbocycles. The molecule has 2 aliphatic carbocycles. The number of methoxy groups -OCH3 is 2. The van der Waals surface area contributed by atoms with Crippen LogP contribution in [0.3, 0.4) is 0 Å². The van der Waals surface area contributed by atoms with E-state index in [0.717, 1.165) is 54.5 Å². The number of piperidine rings is 1. The molecule has 1 saturated heterocycles. The number of β-amino-alcohol motifs (C(OH)–C–C–N with tert-alkyl or cyclic N) is 1. The van der Waals surface area contributed by atoms with Gasteiger partial charge in [-0.05, 0) is 92.5 Å². The molecule has 2 aromatic rings. The molecule has 0 spiro atoms. The van der Waals surface area contributed by atoms with E-state index in [1.165, 1.54) is 12.8 Å². The summed E-state index contributed by atoms with van der Waals surface area (Å²) in [6.07, 6.45) is 9.04. The van der Waals surface area contributed by atoms with Gasteiger partial charge in [-0.1, -0.05) is 24.3 Å². The minimum atomic E-state index is -0.829. The van der Waals surface area contributed by atoms with Gasteiger partial charge in [-0.25, -0.2) is 0 Å². The molecule has 0 aromatic heterocycles. The van der Waals surface area contributed by atoms with Gasteiger partial charge in [0.15, 0.2) is 0 Å². The lowest BCUT2D eigenvalue weighted by Crippen LogP contribution is -2.67. The van der Waals surface area contributed by atoms with Crippen LogP contribution in [-0.2, 0) is 10.2 Å². The second-order valence-corrected chi connectivity index (χ2v) is 10.8. The van der Waals surface area contributed by atoms with Crippen molar-refractivity contribution in [3.63, 3.8) is 0 Å². The maximum Gasteiger partial charge on any atom is 0.244 e. The zero-order valence-electron chi connectivity index (χ0n) is 21.4. The fourth-order valence-corrected chi connectivity index (χ4v) is 6.29. The molecular formula is C30H38N2O4. The van der Waals surface area contributed by atoms with Crippen LogP contribution in [0.25, 0.3) is 6.08 Å². The lowest BCUT2D eigenvalue weighted by atomic mass is 9.55. The number of aliphatic hydroxyl groups is 1. The van der Waals surface area contributed by atoms with Crippen LogP contribution in [0.5, 0.6) is 11.5 Å². The number of carbonyl (C=O) groups excluding carboxylic acids is 1. The topological polar surface area (TPSA) is 71.0 Å². The van der Waals surface area contributed by atoms with Crippen LogP contribution in [0.4, 0.5) is 0 Å². The quantitative estimate of drug-likeness (QED) is 0.544. The van der Waals surface area contributed by atoms with Crippen LogP contribution in [0, 0.1) is 5.92 Å². The van der Waals surface area contributed by atoms with Crippen molar-refractivity contribution in [1.82, 2.24) is 10.2 Å². The van der Waals surface area contributed by atoms with Crippen molar-refractivity contribution < 1.29 is 19.4 Å². The number of hydrogen-bond acceptors (Lipinski definition) is 5. The molecule has 1 amide bonds. The summed E-state index contributed by atoms with van der Waals surface area (Å²) >= 11 is 0. The summed E-state index contributed by atoms with van der Waals surface area (Å²) in [6, 6.07) is 15.8. The van der Waals surface area contributed by atoms with E-state index in [9.17, 15) is 9.90 Å². The molecule has 192 valence electrons. The first-order chi connectivity index (χ1) is 17.4. The summed E-state index contributed by atoms with van der Waals surface area (Å²) < 4.78 is 10.8. The Kier molecular flexibility index (Phi) is 7.09. The maximum absolute atomic E-state index is 12.9. The van der Waals surface area contributed by atoms with Crippen molar-refractivity contribution in [3.8, 4) is 11.5 Å². The van der Waals surface area contributed by atoms with Crippen LogP contribution in [0.1, 0.15) is 49.7 Å². The number of rotatable bonds is 8. The van der Waals surface area contributed by atoms with Gasteiger partial charge in [0, 0.05) is 30.6 Å². The largest absolute Gasteiger partial charge is 0.497 e. The molecule has 0 unspecified atom stereocenters. The summed E-state index contributed by atoms with van der Waals surface area (Å²) in [7, 11) is 3.31. The molecule has 2 saturated carbocycles. The van der Waals surface area contributed by atoms with Gasteiger partial charge < -0.3 is 24.8 Å². The smallest absolute Gasteiger partial charge is 0.244 e. The fourth-order valence-electron chi connectivity index (χ4n) is 6.29. The minimum Gasteiger partial charge on any atom is -0.497 e. The predicted molar refractivity (Wildman–Crippen MR) is 141 cm³/mol. The van der Waals surface area contributed by atoms with E-state index in [-0.39, 0.29) is 11.9 Å². The van der Waals surface area contributed by atoms with E-state index >= 15 is 0 Å². The number of amides is 1. The summed E-state index contributed by atoms with van der Waals surface area (Å²) in [5.41, 5.74) is 0.776. The Morgan fingerprint density at radius 1 is 1.08 bits per heavy atom. The predicted octanol–water partition coefficient (Wildman–Crippen LogP) is 4.17. The summed E-state index contributed by atoms with van der Waals surface area (Å²) in [5, 5.41) is 15.4. The number of ether oxygens (including phenoxy) is 2. The average molecular weight is 491 g/mol. The van der Waals surface area contributed by atoms with Crippen LogP contribution < -0.4 is 14.8 Å². The van der Waals surface area contributed by atoms with Crippen LogP contribution in [0.2, 0.25) is 0 Å². The summed E-state index contributed by atoms with van der Waals surface area (Å²) in [6.45, 7) is 2.75. The van der Waals surface area contributed by atoms with Gasteiger partial charge in [0.2, 0.25) is 5.91 Å². The first kappa shape index (κ1) is 24.8. The van der Waals surface area contributed by atoms with Crippen molar-refractivity contribution in [3.05, 3.63) is 65.7 Å². The third-order valence-corrected chi connectivity index (χ3v) is 8.43. The van der Waals surface area contributed by atoms with Gasteiger partial charge in [-0.15, -0.1) is 0 Å². The highest BCUT2D eigenvalue weighted by molar-refractivity contribution is 5.92. The molecule has 0 radical (unpaired) electrons. The van der Waals surface area contributed by atoms with Crippen LogP contribution >= 0.6 is 0 Å². The number of likely N-dealkylation sites (tertiary alicyclic amines) is 1. The lowest BCUT2D eigenvalue weighted by Gasteiger charge is -2.58. The molecule has 36 heavy (non-hydrogen) atoms. The summed E-state index contributed by atoms with van der Waals surface area (Å²) in [5.74, 6) is 2.25. The van der Waals surface area contributed by atoms with Gasteiger partial charge in [0.05, 0.1) is 19.8 Å². The van der Waals surface area contributed by atoms with E-state index in [1.54, 1.807) is 20.3 Å². The monoisotopic (exact) mass is 490 g/mol. The highest BCUT2D eigenvalue weighted by Gasteiger charge is 2.57. The molecule has 6 heteroatoms. The van der Waals surface area contributed by atoms with Crippen molar-refractivity contribution in [2.24, 2.45) is 5.92 Å². The summed E-state index contributed by atoms with van der Waals surface area (Å²) in [4.78, 5) is 15.3. The molecule has 1 heterocycles. The highest BCUT2D eigenvalue weighted by atomic mass is 16.5. The molecule has 3 atom stereocenters. The number of nitrogens with zero attached hydrogens (tertiary/aromatic N) is 1. The molecule has 2 N–H and O–H groups in total. The van der Waals surface area contributed by atoms with E-state index in [2.05, 4.69) is 22.3 Å².